The predicted molar refractivity (Wildman–Crippen MR) is 124 cm³/mol. The monoisotopic (exact) mass is 430 g/mol. The number of piperidine rings is 1. The van der Waals surface area contributed by atoms with Crippen molar-refractivity contribution in [3.63, 3.8) is 0 Å². The highest BCUT2D eigenvalue weighted by molar-refractivity contribution is 5.66. The topological polar surface area (TPSA) is 74.3 Å². The number of nitriles is 1. The Morgan fingerprint density at radius 1 is 1.12 bits per heavy atom. The van der Waals surface area contributed by atoms with Gasteiger partial charge in [-0.25, -0.2) is 0 Å². The van der Waals surface area contributed by atoms with Crippen molar-refractivity contribution < 1.29 is 9.26 Å². The van der Waals surface area contributed by atoms with E-state index in [0.717, 1.165) is 73.8 Å². The van der Waals surface area contributed by atoms with Gasteiger partial charge < -0.3 is 19.5 Å². The molecule has 0 radical (unpaired) electrons. The number of ether oxygens (including phenoxy) is 1. The summed E-state index contributed by atoms with van der Waals surface area (Å²) in [5.74, 6) is 1.60. The third-order valence-electron chi connectivity index (χ3n) is 6.32. The fraction of sp³-hybridized carbons (Fsp3) is 0.385. The molecule has 6 heteroatoms. The second kappa shape index (κ2) is 10.4. The van der Waals surface area contributed by atoms with Gasteiger partial charge in [-0.05, 0) is 63.1 Å². The number of rotatable bonds is 9. The van der Waals surface area contributed by atoms with Gasteiger partial charge in [-0.15, -0.1) is 0 Å². The average molecular weight is 431 g/mol. The van der Waals surface area contributed by atoms with E-state index >= 15 is 0 Å². The lowest BCUT2D eigenvalue weighted by atomic mass is 9.74. The van der Waals surface area contributed by atoms with E-state index in [-0.39, 0.29) is 5.41 Å². The first kappa shape index (κ1) is 22.1. The molecule has 6 nitrogen and oxygen atoms in total. The maximum absolute atomic E-state index is 9.84. The molecule has 0 amide bonds. The van der Waals surface area contributed by atoms with Gasteiger partial charge in [0.25, 0.3) is 0 Å². The Kier molecular flexibility index (Phi) is 7.21. The molecule has 2 aromatic carbocycles. The molecule has 1 saturated heterocycles. The Morgan fingerprint density at radius 2 is 1.88 bits per heavy atom. The van der Waals surface area contributed by atoms with Crippen molar-refractivity contribution in [2.24, 2.45) is 0 Å². The SMILES string of the molecule is COc1ccccc1-c1cc(CNCCCN2CCC(C#N)(c3ccccc3)CC2)on1. The molecule has 0 atom stereocenters. The molecule has 1 N–H and O–H groups in total. The number of hydrogen-bond donors (Lipinski definition) is 1. The van der Waals surface area contributed by atoms with E-state index in [2.05, 4.69) is 33.6 Å². The van der Waals surface area contributed by atoms with Gasteiger partial charge in [0.2, 0.25) is 0 Å². The molecule has 166 valence electrons. The summed E-state index contributed by atoms with van der Waals surface area (Å²) >= 11 is 0. The molecule has 0 saturated carbocycles. The standard InChI is InChI=1S/C26H30N4O2/c1-31-25-11-6-5-10-23(25)24-18-22(32-29-24)19-28-14-7-15-30-16-12-26(20-27,13-17-30)21-8-3-2-4-9-21/h2-6,8-11,18,28H,7,12-17,19H2,1H3. The Bertz CT molecular complexity index is 1030. The maximum Gasteiger partial charge on any atom is 0.151 e. The van der Waals surface area contributed by atoms with Crippen LogP contribution in [0.2, 0.25) is 0 Å². The fourth-order valence-electron chi connectivity index (χ4n) is 4.40. The summed E-state index contributed by atoms with van der Waals surface area (Å²) in [5.41, 5.74) is 2.54. The number of hydrogen-bond acceptors (Lipinski definition) is 6. The lowest BCUT2D eigenvalue weighted by Crippen LogP contribution is -2.42. The van der Waals surface area contributed by atoms with Crippen LogP contribution in [0, 0.1) is 11.3 Å². The van der Waals surface area contributed by atoms with Crippen LogP contribution in [0.3, 0.4) is 0 Å². The lowest BCUT2D eigenvalue weighted by Gasteiger charge is -2.37. The molecule has 1 aliphatic heterocycles. The van der Waals surface area contributed by atoms with Crippen molar-refractivity contribution in [2.75, 3.05) is 33.3 Å². The van der Waals surface area contributed by atoms with Crippen molar-refractivity contribution in [1.82, 2.24) is 15.4 Å². The zero-order valence-corrected chi connectivity index (χ0v) is 18.6. The van der Waals surface area contributed by atoms with Gasteiger partial charge in [-0.1, -0.05) is 47.6 Å². The van der Waals surface area contributed by atoms with Crippen LogP contribution < -0.4 is 10.1 Å². The molecule has 1 fully saturated rings. The zero-order chi connectivity index (χ0) is 22.2. The second-order valence-corrected chi connectivity index (χ2v) is 8.31. The lowest BCUT2D eigenvalue weighted by molar-refractivity contribution is 0.184. The Morgan fingerprint density at radius 3 is 2.62 bits per heavy atom. The average Bonchev–Trinajstić information content (AvgIpc) is 3.33. The van der Waals surface area contributed by atoms with Gasteiger partial charge in [0.1, 0.15) is 11.4 Å². The van der Waals surface area contributed by atoms with Crippen LogP contribution in [0.1, 0.15) is 30.6 Å². The van der Waals surface area contributed by atoms with Crippen LogP contribution in [0.15, 0.2) is 65.2 Å². The molecule has 2 heterocycles. The van der Waals surface area contributed by atoms with Gasteiger partial charge in [0.05, 0.1) is 25.1 Å². The van der Waals surface area contributed by atoms with Crippen LogP contribution in [0.5, 0.6) is 5.75 Å². The van der Waals surface area contributed by atoms with E-state index in [0.29, 0.717) is 6.54 Å². The number of nitrogens with zero attached hydrogens (tertiary/aromatic N) is 3. The van der Waals surface area contributed by atoms with Crippen molar-refractivity contribution >= 4 is 0 Å². The third-order valence-corrected chi connectivity index (χ3v) is 6.32. The first-order chi connectivity index (χ1) is 15.7. The Hall–Kier alpha value is -3.14. The highest BCUT2D eigenvalue weighted by atomic mass is 16.5. The second-order valence-electron chi connectivity index (χ2n) is 8.31. The molecule has 0 bridgehead atoms. The highest BCUT2D eigenvalue weighted by Gasteiger charge is 2.36. The summed E-state index contributed by atoms with van der Waals surface area (Å²) in [6.45, 7) is 4.52. The summed E-state index contributed by atoms with van der Waals surface area (Å²) in [6, 6.07) is 22.6. The van der Waals surface area contributed by atoms with Gasteiger partial charge >= 0.3 is 0 Å². The summed E-state index contributed by atoms with van der Waals surface area (Å²) < 4.78 is 10.9. The smallest absolute Gasteiger partial charge is 0.151 e. The van der Waals surface area contributed by atoms with E-state index in [4.69, 9.17) is 9.26 Å². The number of nitrogens with one attached hydrogen (secondary N) is 1. The third kappa shape index (κ3) is 5.01. The van der Waals surface area contributed by atoms with E-state index < -0.39 is 0 Å². The molecule has 0 aliphatic carbocycles. The molecule has 1 aromatic heterocycles. The molecule has 0 spiro atoms. The zero-order valence-electron chi connectivity index (χ0n) is 18.6. The maximum atomic E-state index is 9.84. The number of methoxy groups -OCH3 is 1. The van der Waals surface area contributed by atoms with Gasteiger partial charge in [-0.2, -0.15) is 5.26 Å². The number of aromatic nitrogens is 1. The normalized spacial score (nSPS) is 15.9. The van der Waals surface area contributed by atoms with Crippen molar-refractivity contribution in [1.29, 1.82) is 5.26 Å². The molecule has 32 heavy (non-hydrogen) atoms. The summed E-state index contributed by atoms with van der Waals surface area (Å²) in [7, 11) is 1.66. The van der Waals surface area contributed by atoms with Crippen molar-refractivity contribution in [3.8, 4) is 23.1 Å². The molecular formula is C26H30N4O2. The molecule has 1 aliphatic rings. The summed E-state index contributed by atoms with van der Waals surface area (Å²) in [6.07, 6.45) is 2.84. The van der Waals surface area contributed by atoms with Crippen molar-refractivity contribution in [2.45, 2.75) is 31.2 Å². The van der Waals surface area contributed by atoms with Crippen LogP contribution in [0.25, 0.3) is 11.3 Å². The van der Waals surface area contributed by atoms with Crippen LogP contribution in [-0.2, 0) is 12.0 Å². The van der Waals surface area contributed by atoms with Gasteiger partial charge in [0.15, 0.2) is 5.76 Å². The van der Waals surface area contributed by atoms with Crippen LogP contribution >= 0.6 is 0 Å². The Labute approximate surface area is 189 Å². The van der Waals surface area contributed by atoms with E-state index in [1.54, 1.807) is 7.11 Å². The van der Waals surface area contributed by atoms with Crippen molar-refractivity contribution in [3.05, 3.63) is 72.0 Å². The first-order valence-electron chi connectivity index (χ1n) is 11.2. The quantitative estimate of drug-likeness (QED) is 0.508. The molecule has 0 unspecified atom stereocenters. The summed E-state index contributed by atoms with van der Waals surface area (Å²) in [4.78, 5) is 2.47. The van der Waals surface area contributed by atoms with Crippen LogP contribution in [-0.4, -0.2) is 43.3 Å². The number of benzene rings is 2. The molecule has 3 aromatic rings. The molecular weight excluding hydrogens is 400 g/mol. The number of likely N-dealkylation sites (tertiary alicyclic amines) is 1. The minimum absolute atomic E-state index is 0.332. The number of para-hydroxylation sites is 1. The minimum atomic E-state index is -0.332. The predicted octanol–water partition coefficient (Wildman–Crippen LogP) is 4.39. The van der Waals surface area contributed by atoms with Gasteiger partial charge in [-0.3, -0.25) is 0 Å². The molecule has 4 rings (SSSR count). The van der Waals surface area contributed by atoms with E-state index in [9.17, 15) is 5.26 Å². The first-order valence-corrected chi connectivity index (χ1v) is 11.2. The van der Waals surface area contributed by atoms with E-state index in [1.165, 1.54) is 0 Å². The highest BCUT2D eigenvalue weighted by Crippen LogP contribution is 2.34. The largest absolute Gasteiger partial charge is 0.496 e. The van der Waals surface area contributed by atoms with Gasteiger partial charge in [0, 0.05) is 11.6 Å². The summed E-state index contributed by atoms with van der Waals surface area (Å²) in [5, 5.41) is 17.5. The Balaban J connectivity index is 1.19. The minimum Gasteiger partial charge on any atom is -0.496 e. The fourth-order valence-corrected chi connectivity index (χ4v) is 4.40. The van der Waals surface area contributed by atoms with E-state index in [1.807, 2.05) is 48.5 Å². The van der Waals surface area contributed by atoms with Crippen LogP contribution in [0.4, 0.5) is 0 Å².